The third-order valence-electron chi connectivity index (χ3n) is 3.12. The maximum absolute atomic E-state index is 11.4. The SMILES string of the molecule is O=S(=O)([N-]S(=O)(=O)C(F)(F)F)C(F)(F)F.O=S(=O)([N-]S(=O)(=O)C(F)(F)F)C(F)(F)F.O=S(=O)([N-]S(=O)(=O)C(F)(F)F)C(F)(F)F.O=S(=O)([N-]S(=O)(=O)C(F)(F)F)C(F)(F)F.[Co+2].[Co+2]. The molecule has 0 aliphatic carbocycles. The van der Waals surface area contributed by atoms with Crippen LogP contribution in [0, 0.1) is 0 Å². The first-order chi connectivity index (χ1) is 24.8. The maximum Gasteiger partial charge on any atom is 2.00 e. The molecule has 0 spiro atoms. The Morgan fingerprint density at radius 1 is 0.177 bits per heavy atom. The zero-order valence-electron chi connectivity index (χ0n) is 25.3. The summed E-state index contributed by atoms with van der Waals surface area (Å²) < 4.78 is 437. The predicted octanol–water partition coefficient (Wildman–Crippen LogP) is 4.23. The second kappa shape index (κ2) is 21.2. The smallest absolute Gasteiger partial charge is 0.421 e. The van der Waals surface area contributed by atoms with Crippen molar-refractivity contribution in [3.8, 4) is 0 Å². The first kappa shape index (κ1) is 72.4. The Kier molecular flexibility index (Phi) is 24.7. The number of nitrogens with zero attached hydrogens (tertiary/aromatic N) is 4. The summed E-state index contributed by atoms with van der Waals surface area (Å²) >= 11 is 0. The van der Waals surface area contributed by atoms with Gasteiger partial charge in [-0.15, -0.1) is 0 Å². The largest absolute Gasteiger partial charge is 2.00 e. The van der Waals surface area contributed by atoms with E-state index in [1.54, 1.807) is 0 Å². The van der Waals surface area contributed by atoms with Crippen molar-refractivity contribution in [3.05, 3.63) is 16.5 Å². The molecule has 0 atom stereocenters. The van der Waals surface area contributed by atoms with Crippen molar-refractivity contribution in [2.24, 2.45) is 0 Å². The molecule has 0 aromatic carbocycles. The van der Waals surface area contributed by atoms with E-state index in [4.69, 9.17) is 0 Å². The van der Waals surface area contributed by atoms with Crippen LogP contribution in [0.5, 0.6) is 0 Å². The van der Waals surface area contributed by atoms with Gasteiger partial charge in [-0.1, -0.05) is 0 Å². The fourth-order valence-corrected chi connectivity index (χ4v) is 7.69. The molecule has 20 nitrogen and oxygen atoms in total. The van der Waals surface area contributed by atoms with Crippen LogP contribution in [0.25, 0.3) is 16.5 Å². The Morgan fingerprint density at radius 3 is 0.258 bits per heavy atom. The Morgan fingerprint density at radius 2 is 0.226 bits per heavy atom. The van der Waals surface area contributed by atoms with Crippen molar-refractivity contribution >= 4 is 80.2 Å². The van der Waals surface area contributed by atoms with Crippen LogP contribution < -0.4 is 0 Å². The van der Waals surface area contributed by atoms with Crippen LogP contribution in [0.15, 0.2) is 0 Å². The van der Waals surface area contributed by atoms with Crippen molar-refractivity contribution < 1.29 is 206 Å². The van der Waals surface area contributed by atoms with E-state index in [0.29, 0.717) is 0 Å². The molecule has 0 aromatic rings. The molecule has 2 radical (unpaired) electrons. The van der Waals surface area contributed by atoms with Gasteiger partial charge in [-0.05, 0) is 0 Å². The van der Waals surface area contributed by atoms with E-state index < -0.39 is 124 Å². The van der Waals surface area contributed by atoms with E-state index in [1.165, 1.54) is 0 Å². The molecule has 0 aliphatic rings. The maximum atomic E-state index is 11.4. The summed E-state index contributed by atoms with van der Waals surface area (Å²) in [5.74, 6) is 0. The van der Waals surface area contributed by atoms with Gasteiger partial charge in [0.1, 0.15) is 0 Å². The third-order valence-corrected chi connectivity index (χ3v) is 14.1. The van der Waals surface area contributed by atoms with Gasteiger partial charge in [-0.2, -0.15) is 105 Å². The molecular weight excluding hydrogens is 1240 g/mol. The molecule has 0 bridgehead atoms. The number of halogens is 24. The van der Waals surface area contributed by atoms with E-state index in [-0.39, 0.29) is 33.6 Å². The summed E-state index contributed by atoms with van der Waals surface area (Å²) in [5, 5.41) is 0. The normalized spacial score (nSPS) is 14.8. The molecule has 0 N–H and O–H groups in total. The summed E-state index contributed by atoms with van der Waals surface area (Å²) in [5.41, 5.74) is -49.6. The molecule has 62 heavy (non-hydrogen) atoms. The molecule has 0 unspecified atom stereocenters. The minimum Gasteiger partial charge on any atom is -0.421 e. The molecule has 0 heterocycles. The Balaban J connectivity index is -0.000000167. The molecule has 0 rings (SSSR count). The predicted molar refractivity (Wildman–Crippen MR) is 133 cm³/mol. The van der Waals surface area contributed by atoms with E-state index in [1.807, 2.05) is 0 Å². The van der Waals surface area contributed by atoms with Crippen molar-refractivity contribution in [1.29, 1.82) is 0 Å². The standard InChI is InChI=1S/4C2F6NO4S2.2Co/c4*3-1(4,5)14(10,11)9-15(12,13)2(6,7)8;;/q4*-1;2*+2. The minimum absolute atomic E-state index is 0. The Bertz CT molecular complexity index is 1900. The Labute approximate surface area is 345 Å². The zero-order valence-corrected chi connectivity index (χ0v) is 33.9. The monoisotopic (exact) mass is 1240 g/mol. The van der Waals surface area contributed by atoms with E-state index in [0.717, 1.165) is 16.5 Å². The molecule has 0 aromatic heterocycles. The van der Waals surface area contributed by atoms with Crippen LogP contribution in [-0.2, 0) is 114 Å². The summed E-state index contributed by atoms with van der Waals surface area (Å²) in [6, 6.07) is 0. The van der Waals surface area contributed by atoms with Crippen LogP contribution in [-0.4, -0.2) is 111 Å². The van der Waals surface area contributed by atoms with Crippen LogP contribution >= 0.6 is 0 Å². The number of hydrogen-bond donors (Lipinski definition) is 0. The summed E-state index contributed by atoms with van der Waals surface area (Å²) in [6.07, 6.45) is 0. The van der Waals surface area contributed by atoms with Gasteiger partial charge in [0.05, 0.1) is 0 Å². The van der Waals surface area contributed by atoms with Crippen molar-refractivity contribution in [3.63, 3.8) is 0 Å². The third kappa shape index (κ3) is 21.8. The minimum atomic E-state index is -6.72. The van der Waals surface area contributed by atoms with E-state index in [2.05, 4.69) is 0 Å². The number of rotatable bonds is 8. The van der Waals surface area contributed by atoms with Gasteiger partial charge in [0.25, 0.3) is 0 Å². The second-order valence-corrected chi connectivity index (χ2v) is 21.4. The fourth-order valence-electron chi connectivity index (χ4n) is 0.855. The van der Waals surface area contributed by atoms with Gasteiger partial charge < -0.3 is 16.5 Å². The van der Waals surface area contributed by atoms with Crippen LogP contribution in [0.2, 0.25) is 0 Å². The number of alkyl halides is 24. The molecule has 0 fully saturated rings. The zero-order chi connectivity index (χ0) is 50.8. The van der Waals surface area contributed by atoms with Crippen LogP contribution in [0.4, 0.5) is 105 Å². The van der Waals surface area contributed by atoms with Gasteiger partial charge in [-0.25, -0.2) is 67.3 Å². The molecule has 0 aliphatic heterocycles. The van der Waals surface area contributed by atoms with Crippen LogP contribution in [0.1, 0.15) is 0 Å². The molecule has 382 valence electrons. The van der Waals surface area contributed by atoms with Gasteiger partial charge in [0, 0.05) is 0 Å². The van der Waals surface area contributed by atoms with Crippen LogP contribution in [0.3, 0.4) is 0 Å². The average molecular weight is 1240 g/mol. The van der Waals surface area contributed by atoms with Gasteiger partial charge in [0.2, 0.25) is 0 Å². The second-order valence-electron chi connectivity index (χ2n) is 7.66. The van der Waals surface area contributed by atoms with Crippen molar-refractivity contribution in [1.82, 2.24) is 0 Å². The van der Waals surface area contributed by atoms with Crippen molar-refractivity contribution in [2.45, 2.75) is 44.1 Å². The van der Waals surface area contributed by atoms with Crippen molar-refractivity contribution in [2.75, 3.05) is 0 Å². The number of sulfonamides is 8. The molecule has 54 heteroatoms. The topological polar surface area (TPSA) is 330 Å². The molecule has 0 saturated carbocycles. The summed E-state index contributed by atoms with van der Waals surface area (Å²) in [6.45, 7) is 0. The Hall–Kier alpha value is -1.23. The summed E-state index contributed by atoms with van der Waals surface area (Å²) in [4.78, 5) is 0. The van der Waals surface area contributed by atoms with Gasteiger partial charge in [-0.3, -0.25) is 0 Å². The van der Waals surface area contributed by atoms with Gasteiger partial charge >= 0.3 is 77.6 Å². The first-order valence-electron chi connectivity index (χ1n) is 10.3. The average Bonchev–Trinajstić information content (AvgIpc) is 2.82. The molecule has 0 saturated heterocycles. The molecular formula is C8Co2F24N4O16S8. The quantitative estimate of drug-likeness (QED) is 0.307. The molecule has 0 amide bonds. The fraction of sp³-hybridized carbons (Fsp3) is 1.00. The van der Waals surface area contributed by atoms with Gasteiger partial charge in [0.15, 0.2) is 80.2 Å². The summed E-state index contributed by atoms with van der Waals surface area (Å²) in [7, 11) is -53.8. The number of hydrogen-bond acceptors (Lipinski definition) is 16. The van der Waals surface area contributed by atoms with E-state index >= 15 is 0 Å². The first-order valence-corrected chi connectivity index (χ1v) is 21.8. The van der Waals surface area contributed by atoms with E-state index in [9.17, 15) is 173 Å².